The number of rotatable bonds is 6. The van der Waals surface area contributed by atoms with Crippen LogP contribution in [0.3, 0.4) is 0 Å². The topological polar surface area (TPSA) is 54.5 Å². The Morgan fingerprint density at radius 2 is 2.03 bits per heavy atom. The number of alkyl halides is 6. The van der Waals surface area contributed by atoms with Crippen LogP contribution in [0.15, 0.2) is 12.3 Å². The van der Waals surface area contributed by atoms with Crippen LogP contribution in [0.2, 0.25) is 5.15 Å². The number of carbonyl (C=O) groups is 1. The number of hydrogen-bond donors (Lipinski definition) is 1. The van der Waals surface area contributed by atoms with Crippen LogP contribution >= 0.6 is 11.6 Å². The molecule has 1 aromatic heterocycles. The van der Waals surface area contributed by atoms with Crippen molar-refractivity contribution in [2.24, 2.45) is 0 Å². The number of carbonyl (C=O) groups excluding carboxylic acids is 1. The Kier molecular flexibility index (Phi) is 8.40. The van der Waals surface area contributed by atoms with Gasteiger partial charge in [-0.3, -0.25) is 9.69 Å². The summed E-state index contributed by atoms with van der Waals surface area (Å²) in [5.41, 5.74) is -1.77. The quantitative estimate of drug-likeness (QED) is 0.436. The molecule has 192 valence electrons. The molecule has 0 aromatic carbocycles. The highest BCUT2D eigenvalue weighted by molar-refractivity contribution is 6.30. The van der Waals surface area contributed by atoms with Crippen molar-refractivity contribution in [3.8, 4) is 0 Å². The first-order valence-corrected chi connectivity index (χ1v) is 11.6. The van der Waals surface area contributed by atoms with Crippen molar-refractivity contribution < 1.29 is 35.9 Å². The van der Waals surface area contributed by atoms with E-state index in [0.29, 0.717) is 13.0 Å². The Balaban J connectivity index is 1.72. The molecule has 0 bridgehead atoms. The van der Waals surface area contributed by atoms with E-state index < -0.39 is 71.5 Å². The fourth-order valence-corrected chi connectivity index (χ4v) is 4.83. The van der Waals surface area contributed by atoms with Gasteiger partial charge in [-0.25, -0.2) is 18.2 Å². The maximum atomic E-state index is 14.8. The minimum atomic E-state index is -4.87. The highest BCUT2D eigenvalue weighted by Gasteiger charge is 2.50. The van der Waals surface area contributed by atoms with Crippen molar-refractivity contribution in [3.05, 3.63) is 28.5 Å². The third-order valence-electron chi connectivity index (χ3n) is 6.36. The van der Waals surface area contributed by atoms with Crippen molar-refractivity contribution in [2.45, 2.75) is 88.5 Å². The number of amides is 1. The molecule has 1 aliphatic heterocycles. The van der Waals surface area contributed by atoms with Crippen LogP contribution in [0, 0.1) is 0 Å². The van der Waals surface area contributed by atoms with Crippen LogP contribution in [-0.4, -0.2) is 65.3 Å². The first-order valence-electron chi connectivity index (χ1n) is 11.2. The standard InChI is InChI=1S/C22H28ClF6N3O2/c1-12(2)32-9-6-15(14(24)11-32)34-16-4-3-7-21(25,26)19(16)31-17(33)10-13-5-8-30-20(23)18(13)22(27,28)29/h5,8,12,14-16,19H,3-4,6-7,9-11H2,1-2H3,(H,31,33)/t14-,15+,16+,19-/m1/s1. The van der Waals surface area contributed by atoms with Gasteiger partial charge in [0.25, 0.3) is 5.92 Å². The van der Waals surface area contributed by atoms with Gasteiger partial charge < -0.3 is 10.1 Å². The minimum Gasteiger partial charge on any atom is -0.369 e. The molecule has 1 saturated carbocycles. The van der Waals surface area contributed by atoms with Crippen molar-refractivity contribution in [1.29, 1.82) is 0 Å². The van der Waals surface area contributed by atoms with Crippen LogP contribution in [0.5, 0.6) is 0 Å². The average molecular weight is 516 g/mol. The molecule has 5 nitrogen and oxygen atoms in total. The summed E-state index contributed by atoms with van der Waals surface area (Å²) in [5.74, 6) is -4.40. The minimum absolute atomic E-state index is 0.115. The van der Waals surface area contributed by atoms with Crippen LogP contribution in [0.1, 0.15) is 50.7 Å². The Morgan fingerprint density at radius 3 is 2.65 bits per heavy atom. The van der Waals surface area contributed by atoms with Gasteiger partial charge in [-0.1, -0.05) is 11.6 Å². The molecule has 1 amide bonds. The second kappa shape index (κ2) is 10.6. The van der Waals surface area contributed by atoms with Crippen LogP contribution in [-0.2, 0) is 22.1 Å². The SMILES string of the molecule is CC(C)N1CC[C@H](O[C@H]2CCCC(F)(F)[C@@H]2NC(=O)Cc2ccnc(Cl)c2C(F)(F)F)[C@H](F)C1. The van der Waals surface area contributed by atoms with E-state index in [2.05, 4.69) is 10.3 Å². The van der Waals surface area contributed by atoms with E-state index in [1.807, 2.05) is 18.7 Å². The number of aromatic nitrogens is 1. The molecule has 2 heterocycles. The smallest absolute Gasteiger partial charge is 0.369 e. The number of nitrogens with zero attached hydrogens (tertiary/aromatic N) is 2. The van der Waals surface area contributed by atoms with Crippen molar-refractivity contribution in [1.82, 2.24) is 15.2 Å². The molecule has 12 heteroatoms. The predicted molar refractivity (Wildman–Crippen MR) is 114 cm³/mol. The van der Waals surface area contributed by atoms with E-state index >= 15 is 0 Å². The van der Waals surface area contributed by atoms with Crippen LogP contribution in [0.4, 0.5) is 26.3 Å². The van der Waals surface area contributed by atoms with E-state index in [9.17, 15) is 31.1 Å². The van der Waals surface area contributed by atoms with Crippen LogP contribution < -0.4 is 5.32 Å². The van der Waals surface area contributed by atoms with Gasteiger partial charge in [-0.2, -0.15) is 13.2 Å². The fourth-order valence-electron chi connectivity index (χ4n) is 4.55. The van der Waals surface area contributed by atoms with Gasteiger partial charge in [0.05, 0.1) is 24.2 Å². The second-order valence-corrected chi connectivity index (χ2v) is 9.47. The van der Waals surface area contributed by atoms with E-state index in [0.717, 1.165) is 12.3 Å². The zero-order valence-electron chi connectivity index (χ0n) is 18.8. The molecule has 2 aliphatic rings. The summed E-state index contributed by atoms with van der Waals surface area (Å²) in [6.45, 7) is 4.53. The van der Waals surface area contributed by atoms with E-state index in [4.69, 9.17) is 16.3 Å². The Hall–Kier alpha value is -1.59. The van der Waals surface area contributed by atoms with Gasteiger partial charge >= 0.3 is 6.18 Å². The lowest BCUT2D eigenvalue weighted by atomic mass is 9.88. The van der Waals surface area contributed by atoms with Gasteiger partial charge in [0.2, 0.25) is 5.91 Å². The number of piperidine rings is 1. The predicted octanol–water partition coefficient (Wildman–Crippen LogP) is 4.81. The molecule has 1 saturated heterocycles. The number of pyridine rings is 1. The maximum Gasteiger partial charge on any atom is 0.419 e. The molecule has 2 fully saturated rings. The lowest BCUT2D eigenvalue weighted by Gasteiger charge is -2.42. The van der Waals surface area contributed by atoms with Gasteiger partial charge in [0.15, 0.2) is 0 Å². The van der Waals surface area contributed by atoms with E-state index in [-0.39, 0.29) is 25.4 Å². The van der Waals surface area contributed by atoms with Gasteiger partial charge in [0, 0.05) is 31.7 Å². The van der Waals surface area contributed by atoms with E-state index in [1.54, 1.807) is 0 Å². The third-order valence-corrected chi connectivity index (χ3v) is 6.65. The summed E-state index contributed by atoms with van der Waals surface area (Å²) in [7, 11) is 0. The van der Waals surface area contributed by atoms with Crippen LogP contribution in [0.25, 0.3) is 0 Å². The number of hydrogen-bond acceptors (Lipinski definition) is 4. The number of likely N-dealkylation sites (tertiary alicyclic amines) is 1. The van der Waals surface area contributed by atoms with Crippen molar-refractivity contribution >= 4 is 17.5 Å². The van der Waals surface area contributed by atoms with Gasteiger partial charge in [-0.05, 0) is 44.7 Å². The summed E-state index contributed by atoms with van der Waals surface area (Å²) in [6.07, 6.45) is -8.05. The molecule has 4 atom stereocenters. The molecule has 34 heavy (non-hydrogen) atoms. The van der Waals surface area contributed by atoms with Crippen molar-refractivity contribution in [3.63, 3.8) is 0 Å². The monoisotopic (exact) mass is 515 g/mol. The maximum absolute atomic E-state index is 14.8. The zero-order valence-corrected chi connectivity index (χ0v) is 19.6. The summed E-state index contributed by atoms with van der Waals surface area (Å²) in [4.78, 5) is 17.9. The molecule has 0 unspecified atom stereocenters. The Labute approximate surface area is 199 Å². The van der Waals surface area contributed by atoms with Gasteiger partial charge in [0.1, 0.15) is 17.4 Å². The van der Waals surface area contributed by atoms with Gasteiger partial charge in [-0.15, -0.1) is 0 Å². The highest BCUT2D eigenvalue weighted by Crippen LogP contribution is 2.38. The fraction of sp³-hybridized carbons (Fsp3) is 0.727. The Morgan fingerprint density at radius 1 is 1.32 bits per heavy atom. The third kappa shape index (κ3) is 6.34. The van der Waals surface area contributed by atoms with E-state index in [1.165, 1.54) is 0 Å². The highest BCUT2D eigenvalue weighted by atomic mass is 35.5. The molecule has 3 rings (SSSR count). The summed E-state index contributed by atoms with van der Waals surface area (Å²) in [6, 6.07) is -0.679. The Bertz CT molecular complexity index is 870. The summed E-state index contributed by atoms with van der Waals surface area (Å²) >= 11 is 5.57. The molecule has 0 spiro atoms. The average Bonchev–Trinajstić information content (AvgIpc) is 2.70. The molecule has 1 N–H and O–H groups in total. The normalized spacial score (nSPS) is 28.2. The number of ether oxygens (including phenoxy) is 1. The zero-order chi connectivity index (χ0) is 25.3. The second-order valence-electron chi connectivity index (χ2n) is 9.12. The molecular weight excluding hydrogens is 488 g/mol. The molecular formula is C22H28ClF6N3O2. The number of nitrogens with one attached hydrogen (secondary N) is 1. The summed E-state index contributed by atoms with van der Waals surface area (Å²) < 4.78 is 90.0. The lowest BCUT2D eigenvalue weighted by Crippen LogP contribution is -2.59. The molecule has 0 radical (unpaired) electrons. The number of halogens is 7. The first-order chi connectivity index (χ1) is 15.8. The first kappa shape index (κ1) is 27.0. The van der Waals surface area contributed by atoms with Crippen molar-refractivity contribution in [2.75, 3.05) is 13.1 Å². The largest absolute Gasteiger partial charge is 0.419 e. The molecule has 1 aromatic rings. The summed E-state index contributed by atoms with van der Waals surface area (Å²) in [5, 5.41) is 1.33. The molecule has 1 aliphatic carbocycles. The lowest BCUT2D eigenvalue weighted by molar-refractivity contribution is -0.167.